The first-order valence-electron chi connectivity index (χ1n) is 6.18. The molecule has 1 aliphatic rings. The fourth-order valence-corrected chi connectivity index (χ4v) is 2.65. The van der Waals surface area contributed by atoms with E-state index in [1.165, 1.54) is 0 Å². The van der Waals surface area contributed by atoms with Gasteiger partial charge in [0.1, 0.15) is 11.6 Å². The quantitative estimate of drug-likeness (QED) is 0.573. The normalized spacial score (nSPS) is 22.0. The third-order valence-electron chi connectivity index (χ3n) is 3.34. The molecule has 7 heteroatoms. The van der Waals surface area contributed by atoms with Crippen molar-refractivity contribution in [3.8, 4) is 0 Å². The summed E-state index contributed by atoms with van der Waals surface area (Å²) in [6.07, 6.45) is 3.24. The maximum atomic E-state index is 13.4. The van der Waals surface area contributed by atoms with Crippen molar-refractivity contribution < 1.29 is 13.6 Å². The van der Waals surface area contributed by atoms with E-state index in [9.17, 15) is 13.6 Å². The summed E-state index contributed by atoms with van der Waals surface area (Å²) in [5.74, 6) is -1.73. The summed E-state index contributed by atoms with van der Waals surface area (Å²) in [7, 11) is 0. The fraction of sp³-hybridized carbons (Fsp3) is 0.462. The van der Waals surface area contributed by atoms with E-state index in [-0.39, 0.29) is 39.5 Å². The van der Waals surface area contributed by atoms with Gasteiger partial charge in [-0.25, -0.2) is 8.78 Å². The summed E-state index contributed by atoms with van der Waals surface area (Å²) in [6.45, 7) is 0. The van der Waals surface area contributed by atoms with Crippen molar-refractivity contribution in [1.29, 1.82) is 0 Å². The Labute approximate surface area is 136 Å². The summed E-state index contributed by atoms with van der Waals surface area (Å²) in [5, 5.41) is 2.56. The van der Waals surface area contributed by atoms with E-state index in [0.29, 0.717) is 6.42 Å². The van der Waals surface area contributed by atoms with Gasteiger partial charge in [-0.3, -0.25) is 4.79 Å². The van der Waals surface area contributed by atoms with Crippen LogP contribution in [0, 0.1) is 21.1 Å². The van der Waals surface area contributed by atoms with Gasteiger partial charge >= 0.3 is 0 Å². The highest BCUT2D eigenvalue weighted by atomic mass is 127. The Morgan fingerprint density at radius 1 is 1.30 bits per heavy atom. The van der Waals surface area contributed by atoms with Gasteiger partial charge in [-0.05, 0) is 54.0 Å². The number of carbonyl (C=O) groups excluding carboxylic acids is 1. The molecule has 0 saturated heterocycles. The lowest BCUT2D eigenvalue weighted by atomic mass is 9.85. The highest BCUT2D eigenvalue weighted by Crippen LogP contribution is 2.26. The molecule has 3 N–H and O–H groups in total. The molecule has 0 aliphatic heterocycles. The predicted octanol–water partition coefficient (Wildman–Crippen LogP) is 3.45. The maximum absolute atomic E-state index is 13.4. The van der Waals surface area contributed by atoms with Crippen molar-refractivity contribution in [2.45, 2.75) is 31.7 Å². The van der Waals surface area contributed by atoms with Crippen molar-refractivity contribution in [2.75, 3.05) is 5.32 Å². The zero-order valence-corrected chi connectivity index (χ0v) is 13.6. The van der Waals surface area contributed by atoms with Crippen LogP contribution in [0.3, 0.4) is 0 Å². The number of hydrogen-bond donors (Lipinski definition) is 2. The number of amides is 1. The molecule has 1 aromatic carbocycles. The lowest BCUT2D eigenvalue weighted by Gasteiger charge is -2.25. The van der Waals surface area contributed by atoms with Crippen molar-refractivity contribution in [3.63, 3.8) is 0 Å². The number of nitrogens with two attached hydrogens (primary N) is 1. The van der Waals surface area contributed by atoms with Gasteiger partial charge in [0.25, 0.3) is 0 Å². The Bertz CT molecular complexity index is 478. The summed E-state index contributed by atoms with van der Waals surface area (Å²) in [5.41, 5.74) is 5.98. The van der Waals surface area contributed by atoms with Crippen LogP contribution in [-0.2, 0) is 4.79 Å². The molecular weight excluding hydrogens is 401 g/mol. The summed E-state index contributed by atoms with van der Waals surface area (Å²) < 4.78 is 26.7. The molecule has 1 aliphatic carbocycles. The van der Waals surface area contributed by atoms with Crippen LogP contribution in [0.15, 0.2) is 12.1 Å². The van der Waals surface area contributed by atoms with E-state index in [0.717, 1.165) is 31.4 Å². The summed E-state index contributed by atoms with van der Waals surface area (Å²) >= 11 is 1.59. The topological polar surface area (TPSA) is 55.1 Å². The van der Waals surface area contributed by atoms with Crippen molar-refractivity contribution >= 4 is 46.6 Å². The van der Waals surface area contributed by atoms with Gasteiger partial charge in [0.05, 0.1) is 3.57 Å². The molecule has 3 nitrogen and oxygen atoms in total. The molecule has 2 atom stereocenters. The Morgan fingerprint density at radius 2 is 1.90 bits per heavy atom. The van der Waals surface area contributed by atoms with Crippen molar-refractivity contribution in [1.82, 2.24) is 0 Å². The molecule has 1 amide bonds. The molecule has 1 saturated carbocycles. The standard InChI is InChI=1S/C13H15F2IN2O.ClH/c14-10-5-9(6-11(15)12(10)16)18-13(19)7-2-1-3-8(17)4-7;/h5-8H,1-4,17H2,(H,18,19);1H. The van der Waals surface area contributed by atoms with Gasteiger partial charge in [-0.1, -0.05) is 6.42 Å². The second-order valence-corrected chi connectivity index (χ2v) is 5.95. The predicted molar refractivity (Wildman–Crippen MR) is 84.9 cm³/mol. The van der Waals surface area contributed by atoms with E-state index in [1.54, 1.807) is 22.6 Å². The van der Waals surface area contributed by atoms with E-state index in [2.05, 4.69) is 5.32 Å². The van der Waals surface area contributed by atoms with E-state index < -0.39 is 11.6 Å². The van der Waals surface area contributed by atoms with Crippen LogP contribution in [0.2, 0.25) is 0 Å². The lowest BCUT2D eigenvalue weighted by Crippen LogP contribution is -2.34. The highest BCUT2D eigenvalue weighted by Gasteiger charge is 2.25. The lowest BCUT2D eigenvalue weighted by molar-refractivity contribution is -0.120. The smallest absolute Gasteiger partial charge is 0.227 e. The molecule has 112 valence electrons. The van der Waals surface area contributed by atoms with Crippen LogP contribution in [0.5, 0.6) is 0 Å². The maximum Gasteiger partial charge on any atom is 0.227 e. The van der Waals surface area contributed by atoms with Gasteiger partial charge in [0, 0.05) is 17.6 Å². The molecule has 1 fully saturated rings. The van der Waals surface area contributed by atoms with Gasteiger partial charge in [0.2, 0.25) is 5.91 Å². The summed E-state index contributed by atoms with van der Waals surface area (Å²) in [4.78, 5) is 12.0. The molecule has 0 bridgehead atoms. The molecule has 0 aromatic heterocycles. The number of halogens is 4. The second kappa shape index (κ2) is 7.51. The van der Waals surface area contributed by atoms with Crippen LogP contribution < -0.4 is 11.1 Å². The molecule has 0 heterocycles. The highest BCUT2D eigenvalue weighted by molar-refractivity contribution is 14.1. The zero-order chi connectivity index (χ0) is 14.0. The first-order chi connectivity index (χ1) is 8.97. The molecular formula is C13H16ClF2IN2O. The molecule has 0 radical (unpaired) electrons. The Balaban J connectivity index is 0.00000200. The molecule has 2 rings (SSSR count). The minimum absolute atomic E-state index is 0. The van der Waals surface area contributed by atoms with Crippen LogP contribution >= 0.6 is 35.0 Å². The SMILES string of the molecule is Cl.NC1CCCC(C(=O)Nc2cc(F)c(I)c(F)c2)C1. The van der Waals surface area contributed by atoms with Crippen molar-refractivity contribution in [2.24, 2.45) is 11.7 Å². The number of benzene rings is 1. The van der Waals surface area contributed by atoms with E-state index >= 15 is 0 Å². The Kier molecular flexibility index (Phi) is 6.60. The number of nitrogens with one attached hydrogen (secondary N) is 1. The average molecular weight is 417 g/mol. The largest absolute Gasteiger partial charge is 0.328 e. The van der Waals surface area contributed by atoms with Crippen LogP contribution in [-0.4, -0.2) is 11.9 Å². The van der Waals surface area contributed by atoms with Gasteiger partial charge in [-0.2, -0.15) is 0 Å². The molecule has 1 aromatic rings. The van der Waals surface area contributed by atoms with Crippen molar-refractivity contribution in [3.05, 3.63) is 27.3 Å². The molecule has 20 heavy (non-hydrogen) atoms. The van der Waals surface area contributed by atoms with Gasteiger partial charge in [-0.15, -0.1) is 12.4 Å². The Hall–Kier alpha value is -0.470. The first-order valence-corrected chi connectivity index (χ1v) is 7.26. The number of rotatable bonds is 2. The van der Waals surface area contributed by atoms with Crippen LogP contribution in [0.4, 0.5) is 14.5 Å². The zero-order valence-electron chi connectivity index (χ0n) is 10.7. The minimum atomic E-state index is -0.670. The average Bonchev–Trinajstić information content (AvgIpc) is 2.36. The summed E-state index contributed by atoms with van der Waals surface area (Å²) in [6, 6.07) is 2.30. The third kappa shape index (κ3) is 4.26. The molecule has 0 spiro atoms. The van der Waals surface area contributed by atoms with E-state index in [4.69, 9.17) is 5.73 Å². The number of hydrogen-bond acceptors (Lipinski definition) is 2. The van der Waals surface area contributed by atoms with Gasteiger partial charge < -0.3 is 11.1 Å². The van der Waals surface area contributed by atoms with E-state index in [1.807, 2.05) is 0 Å². The second-order valence-electron chi connectivity index (χ2n) is 4.87. The molecule has 2 unspecified atom stereocenters. The minimum Gasteiger partial charge on any atom is -0.328 e. The monoisotopic (exact) mass is 416 g/mol. The van der Waals surface area contributed by atoms with Crippen LogP contribution in [0.1, 0.15) is 25.7 Å². The number of carbonyl (C=O) groups is 1. The van der Waals surface area contributed by atoms with Gasteiger partial charge in [0.15, 0.2) is 0 Å². The Morgan fingerprint density at radius 3 is 2.45 bits per heavy atom. The third-order valence-corrected chi connectivity index (χ3v) is 4.37. The van der Waals surface area contributed by atoms with Crippen LogP contribution in [0.25, 0.3) is 0 Å². The fourth-order valence-electron chi connectivity index (χ4n) is 2.34. The first kappa shape index (κ1) is 17.6. The number of anilines is 1.